The molecule has 1 aromatic carbocycles. The van der Waals surface area contributed by atoms with E-state index in [0.29, 0.717) is 5.72 Å². The minimum atomic E-state index is -1.17. The molecular weight excluding hydrogens is 228 g/mol. The van der Waals surface area contributed by atoms with Gasteiger partial charge in [0.2, 0.25) is 0 Å². The van der Waals surface area contributed by atoms with Crippen molar-refractivity contribution < 1.29 is 17.7 Å². The Labute approximate surface area is 97.6 Å². The molecule has 0 aliphatic carbocycles. The molecule has 2 radical (unpaired) electrons. The van der Waals surface area contributed by atoms with Crippen molar-refractivity contribution in [1.82, 2.24) is 4.57 Å². The fourth-order valence-corrected chi connectivity index (χ4v) is 1.61. The highest BCUT2D eigenvalue weighted by Crippen LogP contribution is 2.04. The van der Waals surface area contributed by atoms with Crippen LogP contribution in [-0.2, 0) is 14.1 Å². The Morgan fingerprint density at radius 2 is 1.82 bits per heavy atom. The fraction of sp³-hybridized carbons (Fsp3) is 0.182. The summed E-state index contributed by atoms with van der Waals surface area (Å²) in [5, 5.41) is 0. The van der Waals surface area contributed by atoms with Crippen molar-refractivity contribution in [3.63, 3.8) is 0 Å². The number of halogens is 3. The first-order chi connectivity index (χ1) is 8.00. The van der Waals surface area contributed by atoms with E-state index in [0.717, 1.165) is 12.1 Å². The predicted octanol–water partition coefficient (Wildman–Crippen LogP) is -0.0781. The van der Waals surface area contributed by atoms with Crippen molar-refractivity contribution in [2.75, 3.05) is 0 Å². The molecule has 0 saturated heterocycles. The summed E-state index contributed by atoms with van der Waals surface area (Å²) < 4.78 is 43.3. The first-order valence-electron chi connectivity index (χ1n) is 5.00. The van der Waals surface area contributed by atoms with Gasteiger partial charge < -0.3 is 0 Å². The van der Waals surface area contributed by atoms with Crippen molar-refractivity contribution in [3.05, 3.63) is 42.0 Å². The van der Waals surface area contributed by atoms with E-state index < -0.39 is 17.5 Å². The molecule has 0 saturated carbocycles. The Morgan fingerprint density at radius 1 is 1.18 bits per heavy atom. The molecule has 0 aliphatic heterocycles. The fourth-order valence-electron chi connectivity index (χ4n) is 1.61. The van der Waals surface area contributed by atoms with Crippen molar-refractivity contribution in [2.45, 2.75) is 0 Å². The van der Waals surface area contributed by atoms with Gasteiger partial charge in [0.15, 0.2) is 5.82 Å². The van der Waals surface area contributed by atoms with Gasteiger partial charge in [-0.3, -0.25) is 9.13 Å². The van der Waals surface area contributed by atoms with E-state index >= 15 is 0 Å². The van der Waals surface area contributed by atoms with Crippen LogP contribution in [0.4, 0.5) is 13.2 Å². The molecule has 17 heavy (non-hydrogen) atoms. The predicted molar refractivity (Wildman–Crippen MR) is 57.9 cm³/mol. The van der Waals surface area contributed by atoms with Gasteiger partial charge in [0.1, 0.15) is 18.2 Å². The lowest BCUT2D eigenvalue weighted by Gasteiger charge is -2.16. The molecule has 2 nitrogen and oxygen atoms in total. The van der Waals surface area contributed by atoms with E-state index in [9.17, 15) is 13.2 Å². The molecule has 0 N–H and O–H groups in total. The first kappa shape index (κ1) is 11.8. The lowest BCUT2D eigenvalue weighted by molar-refractivity contribution is -0.652. The van der Waals surface area contributed by atoms with Gasteiger partial charge in [-0.2, -0.15) is 5.46 Å². The van der Waals surface area contributed by atoms with Crippen molar-refractivity contribution >= 4 is 18.5 Å². The monoisotopic (exact) mass is 238 g/mol. The standard InChI is InChI=1S/C11H10BF3N2/c1-16-5-6-17(2)11(16)12-9-7(13)3-4-8(14)10(9)15/h3-6H,1-2H3. The van der Waals surface area contributed by atoms with Gasteiger partial charge in [0.05, 0.1) is 19.9 Å². The zero-order chi connectivity index (χ0) is 12.6. The SMILES string of the molecule is Cn1cc[n+](C)c1[B-]c1c(F)ccc(F)c1F. The van der Waals surface area contributed by atoms with Crippen LogP contribution in [-0.4, -0.2) is 11.8 Å². The normalized spacial score (nSPS) is 10.9. The van der Waals surface area contributed by atoms with Gasteiger partial charge in [-0.05, 0) is 12.1 Å². The van der Waals surface area contributed by atoms with Gasteiger partial charge in [0.25, 0.3) is 0 Å². The minimum Gasteiger partial charge on any atom is -0.280 e. The summed E-state index contributed by atoms with van der Waals surface area (Å²) in [5.41, 5.74) is 0.191. The highest BCUT2D eigenvalue weighted by atomic mass is 19.2. The van der Waals surface area contributed by atoms with E-state index in [1.807, 2.05) is 0 Å². The topological polar surface area (TPSA) is 8.81 Å². The Morgan fingerprint density at radius 3 is 2.41 bits per heavy atom. The van der Waals surface area contributed by atoms with Crippen LogP contribution in [0.3, 0.4) is 0 Å². The maximum Gasteiger partial charge on any atom is 0.155 e. The molecule has 0 aliphatic rings. The molecular formula is C11H10BF3N2. The van der Waals surface area contributed by atoms with Gasteiger partial charge in [-0.1, -0.05) is 0 Å². The third-order valence-corrected chi connectivity index (χ3v) is 2.59. The molecule has 6 heteroatoms. The smallest absolute Gasteiger partial charge is 0.155 e. The van der Waals surface area contributed by atoms with E-state index in [4.69, 9.17) is 0 Å². The molecule has 0 unspecified atom stereocenters. The molecule has 2 rings (SSSR count). The van der Waals surface area contributed by atoms with Crippen LogP contribution >= 0.6 is 0 Å². The maximum atomic E-state index is 13.5. The molecule has 0 amide bonds. The Kier molecular flexibility index (Phi) is 2.96. The molecule has 0 spiro atoms. The average Bonchev–Trinajstić information content (AvgIpc) is 2.60. The van der Waals surface area contributed by atoms with Crippen LogP contribution < -0.4 is 15.8 Å². The summed E-state index contributed by atoms with van der Waals surface area (Å²) in [7, 11) is 4.75. The van der Waals surface area contributed by atoms with Gasteiger partial charge in [0, 0.05) is 5.72 Å². The molecule has 0 fully saturated rings. The van der Waals surface area contributed by atoms with Crippen LogP contribution in [0.1, 0.15) is 0 Å². The zero-order valence-corrected chi connectivity index (χ0v) is 9.42. The number of nitrogens with zero attached hydrogens (tertiary/aromatic N) is 2. The molecule has 0 atom stereocenters. The third-order valence-electron chi connectivity index (χ3n) is 2.59. The number of hydrogen-bond acceptors (Lipinski definition) is 0. The molecule has 1 heterocycles. The zero-order valence-electron chi connectivity index (χ0n) is 9.42. The third kappa shape index (κ3) is 2.07. The molecule has 2 aromatic rings. The highest BCUT2D eigenvalue weighted by Gasteiger charge is 2.09. The number of rotatable bonds is 2. The Hall–Kier alpha value is -1.72. The summed E-state index contributed by atoms with van der Waals surface area (Å²) in [6.45, 7) is 0. The van der Waals surface area contributed by atoms with Crippen molar-refractivity contribution in [3.8, 4) is 0 Å². The summed E-state index contributed by atoms with van der Waals surface area (Å²) in [6, 6.07) is 1.68. The highest BCUT2D eigenvalue weighted by molar-refractivity contribution is 6.65. The van der Waals surface area contributed by atoms with E-state index in [1.165, 1.54) is 7.28 Å². The summed E-state index contributed by atoms with van der Waals surface area (Å²) in [4.78, 5) is 0. The van der Waals surface area contributed by atoms with Crippen LogP contribution in [0, 0.1) is 17.5 Å². The van der Waals surface area contributed by atoms with Crippen LogP contribution in [0.15, 0.2) is 24.5 Å². The summed E-state index contributed by atoms with van der Waals surface area (Å²) >= 11 is 0. The number of hydrogen-bond donors (Lipinski definition) is 0. The van der Waals surface area contributed by atoms with E-state index in [-0.39, 0.29) is 5.46 Å². The summed E-state index contributed by atoms with van der Waals surface area (Å²) in [6.07, 6.45) is 3.47. The van der Waals surface area contributed by atoms with Gasteiger partial charge in [-0.25, -0.2) is 13.2 Å². The maximum absolute atomic E-state index is 13.5. The van der Waals surface area contributed by atoms with Crippen LogP contribution in [0.25, 0.3) is 0 Å². The Balaban J connectivity index is 2.47. The largest absolute Gasteiger partial charge is 0.280 e. The first-order valence-corrected chi connectivity index (χ1v) is 5.00. The van der Waals surface area contributed by atoms with Crippen LogP contribution in [0.5, 0.6) is 0 Å². The van der Waals surface area contributed by atoms with Crippen molar-refractivity contribution in [1.29, 1.82) is 0 Å². The second-order valence-corrected chi connectivity index (χ2v) is 3.78. The summed E-state index contributed by atoms with van der Waals surface area (Å²) in [5.74, 6) is -3.02. The number of benzene rings is 1. The molecule has 88 valence electrons. The number of aromatic nitrogens is 2. The van der Waals surface area contributed by atoms with E-state index in [2.05, 4.69) is 0 Å². The minimum absolute atomic E-state index is 0.373. The number of imidazole rings is 1. The molecule has 1 aromatic heterocycles. The van der Waals surface area contributed by atoms with Crippen LogP contribution in [0.2, 0.25) is 0 Å². The van der Waals surface area contributed by atoms with Gasteiger partial charge >= 0.3 is 0 Å². The second kappa shape index (κ2) is 4.27. The lowest BCUT2D eigenvalue weighted by atomic mass is 9.68. The second-order valence-electron chi connectivity index (χ2n) is 3.78. The molecule has 0 bridgehead atoms. The van der Waals surface area contributed by atoms with E-state index in [1.54, 1.807) is 35.6 Å². The average molecular weight is 238 g/mol. The number of aryl methyl sites for hydroxylation is 2. The van der Waals surface area contributed by atoms with Crippen molar-refractivity contribution in [2.24, 2.45) is 14.1 Å². The van der Waals surface area contributed by atoms with Gasteiger partial charge in [-0.15, -0.1) is 7.28 Å². The lowest BCUT2D eigenvalue weighted by Crippen LogP contribution is -2.54. The Bertz CT molecular complexity index is 547. The quantitative estimate of drug-likeness (QED) is 0.393.